The third-order valence-electron chi connectivity index (χ3n) is 6.59. The number of hydrogen-bond acceptors (Lipinski definition) is 3. The van der Waals surface area contributed by atoms with Crippen molar-refractivity contribution in [3.8, 4) is 17.1 Å². The van der Waals surface area contributed by atoms with Crippen LogP contribution >= 0.6 is 0 Å². The molecule has 0 aliphatic rings. The Kier molecular flexibility index (Phi) is 14.5. The van der Waals surface area contributed by atoms with Gasteiger partial charge >= 0.3 is 0 Å². The molecule has 0 saturated carbocycles. The first kappa shape index (κ1) is 28.3. The molecule has 0 fully saturated rings. The van der Waals surface area contributed by atoms with E-state index in [1.54, 1.807) is 0 Å². The maximum atomic E-state index is 14.3. The van der Waals surface area contributed by atoms with E-state index in [1.165, 1.54) is 76.2 Å². The highest BCUT2D eigenvalue weighted by Gasteiger charge is 2.11. The van der Waals surface area contributed by atoms with Crippen LogP contribution < -0.4 is 4.74 Å². The molecule has 0 N–H and O–H groups in total. The van der Waals surface area contributed by atoms with Crippen LogP contribution in [-0.2, 0) is 6.42 Å². The lowest BCUT2D eigenvalue weighted by Crippen LogP contribution is -2.14. The highest BCUT2D eigenvalue weighted by atomic mass is 19.1. The van der Waals surface area contributed by atoms with E-state index in [0.717, 1.165) is 24.2 Å². The van der Waals surface area contributed by atoms with Crippen molar-refractivity contribution in [2.24, 2.45) is 5.92 Å². The standard InChI is InChI=1S/C30H47FN2O/c1-4-6-8-9-10-11-13-15-26-22-32-30(33-23-26)27-17-20-29(21-18-27)34-24-28(31)19-16-25(3)14-12-7-5-2/h17-18,20-23,25,28H,4-16,19,24H2,1-3H3. The highest BCUT2D eigenvalue weighted by molar-refractivity contribution is 5.55. The summed E-state index contributed by atoms with van der Waals surface area (Å²) >= 11 is 0. The van der Waals surface area contributed by atoms with Gasteiger partial charge in [0.15, 0.2) is 5.82 Å². The number of rotatable bonds is 19. The average molecular weight is 471 g/mol. The zero-order chi connectivity index (χ0) is 24.4. The molecule has 1 aromatic heterocycles. The lowest BCUT2D eigenvalue weighted by Gasteiger charge is -2.14. The molecule has 0 radical (unpaired) electrons. The van der Waals surface area contributed by atoms with Crippen LogP contribution in [0.3, 0.4) is 0 Å². The average Bonchev–Trinajstić information content (AvgIpc) is 2.86. The summed E-state index contributed by atoms with van der Waals surface area (Å²) in [4.78, 5) is 9.10. The monoisotopic (exact) mass is 470 g/mol. The summed E-state index contributed by atoms with van der Waals surface area (Å²) in [5.41, 5.74) is 2.15. The Morgan fingerprint density at radius 1 is 0.765 bits per heavy atom. The molecule has 2 unspecified atom stereocenters. The number of aryl methyl sites for hydroxylation is 1. The van der Waals surface area contributed by atoms with Crippen molar-refractivity contribution in [3.63, 3.8) is 0 Å². The number of aromatic nitrogens is 2. The van der Waals surface area contributed by atoms with E-state index < -0.39 is 6.17 Å². The van der Waals surface area contributed by atoms with Gasteiger partial charge in [-0.2, -0.15) is 0 Å². The topological polar surface area (TPSA) is 35.0 Å². The van der Waals surface area contributed by atoms with Crippen LogP contribution in [-0.4, -0.2) is 22.7 Å². The van der Waals surface area contributed by atoms with E-state index in [4.69, 9.17) is 4.74 Å². The quantitative estimate of drug-likeness (QED) is 0.192. The van der Waals surface area contributed by atoms with Crippen LogP contribution in [0.15, 0.2) is 36.7 Å². The molecule has 0 aliphatic heterocycles. The summed E-state index contributed by atoms with van der Waals surface area (Å²) in [6, 6.07) is 7.66. The second-order valence-electron chi connectivity index (χ2n) is 9.90. The van der Waals surface area contributed by atoms with Gasteiger partial charge in [-0.25, -0.2) is 14.4 Å². The van der Waals surface area contributed by atoms with Crippen LogP contribution in [0.5, 0.6) is 5.75 Å². The summed E-state index contributed by atoms with van der Waals surface area (Å²) in [6.45, 7) is 6.82. The van der Waals surface area contributed by atoms with Crippen molar-refractivity contribution in [1.29, 1.82) is 0 Å². The van der Waals surface area contributed by atoms with Crippen LogP contribution in [0.2, 0.25) is 0 Å². The van der Waals surface area contributed by atoms with Crippen molar-refractivity contribution in [2.45, 2.75) is 117 Å². The van der Waals surface area contributed by atoms with E-state index >= 15 is 0 Å². The Morgan fingerprint density at radius 2 is 1.38 bits per heavy atom. The minimum atomic E-state index is -0.916. The molecule has 190 valence electrons. The highest BCUT2D eigenvalue weighted by Crippen LogP contribution is 2.21. The number of halogens is 1. The fourth-order valence-electron chi connectivity index (χ4n) is 4.24. The predicted molar refractivity (Wildman–Crippen MR) is 142 cm³/mol. The summed E-state index contributed by atoms with van der Waals surface area (Å²) in [7, 11) is 0. The normalized spacial score (nSPS) is 13.1. The molecule has 0 bridgehead atoms. The van der Waals surface area contributed by atoms with Crippen LogP contribution in [0.1, 0.15) is 110 Å². The van der Waals surface area contributed by atoms with E-state index in [9.17, 15) is 4.39 Å². The Hall–Kier alpha value is -1.97. The molecule has 0 aliphatic carbocycles. The molecule has 4 heteroatoms. The lowest BCUT2D eigenvalue weighted by atomic mass is 9.97. The molecule has 0 spiro atoms. The molecule has 1 aromatic carbocycles. The van der Waals surface area contributed by atoms with Gasteiger partial charge in [0.25, 0.3) is 0 Å². The van der Waals surface area contributed by atoms with Crippen LogP contribution in [0, 0.1) is 5.92 Å². The van der Waals surface area contributed by atoms with Gasteiger partial charge in [-0.05, 0) is 61.4 Å². The molecule has 3 nitrogen and oxygen atoms in total. The molecule has 34 heavy (non-hydrogen) atoms. The third kappa shape index (κ3) is 11.9. The van der Waals surface area contributed by atoms with Gasteiger partial charge < -0.3 is 4.74 Å². The fourth-order valence-corrected chi connectivity index (χ4v) is 4.24. The summed E-state index contributed by atoms with van der Waals surface area (Å²) in [6.07, 6.45) is 19.7. The van der Waals surface area contributed by atoms with Gasteiger partial charge in [0.05, 0.1) is 0 Å². The van der Waals surface area contributed by atoms with Crippen molar-refractivity contribution >= 4 is 0 Å². The van der Waals surface area contributed by atoms with E-state index in [1.807, 2.05) is 36.7 Å². The van der Waals surface area contributed by atoms with Gasteiger partial charge in [-0.15, -0.1) is 0 Å². The third-order valence-corrected chi connectivity index (χ3v) is 6.59. The second-order valence-corrected chi connectivity index (χ2v) is 9.90. The largest absolute Gasteiger partial charge is 0.491 e. The Balaban J connectivity index is 1.67. The maximum Gasteiger partial charge on any atom is 0.159 e. The van der Waals surface area contributed by atoms with Gasteiger partial charge in [0.2, 0.25) is 0 Å². The van der Waals surface area contributed by atoms with E-state index in [0.29, 0.717) is 18.1 Å². The molecule has 2 rings (SSSR count). The maximum absolute atomic E-state index is 14.3. The number of hydrogen-bond donors (Lipinski definition) is 0. The van der Waals surface area contributed by atoms with Gasteiger partial charge in [0.1, 0.15) is 18.5 Å². The number of ether oxygens (including phenoxy) is 1. The van der Waals surface area contributed by atoms with Gasteiger partial charge in [-0.1, -0.05) is 85.0 Å². The fraction of sp³-hybridized carbons (Fsp3) is 0.667. The minimum absolute atomic E-state index is 0.116. The summed E-state index contributed by atoms with van der Waals surface area (Å²) in [5.74, 6) is 2.00. The molecular formula is C30H47FN2O. The number of unbranched alkanes of at least 4 members (excludes halogenated alkanes) is 8. The second kappa shape index (κ2) is 17.5. The first-order valence-corrected chi connectivity index (χ1v) is 13.8. The van der Waals surface area contributed by atoms with Crippen molar-refractivity contribution in [2.75, 3.05) is 6.61 Å². The predicted octanol–water partition coefficient (Wildman–Crippen LogP) is 9.15. The molecule has 2 atom stereocenters. The molecule has 2 aromatic rings. The first-order valence-electron chi connectivity index (χ1n) is 13.8. The number of alkyl halides is 1. The van der Waals surface area contributed by atoms with E-state index in [-0.39, 0.29) is 6.61 Å². The SMILES string of the molecule is CCCCCCCCCc1cnc(-c2ccc(OCC(F)CCC(C)CCCCC)cc2)nc1. The minimum Gasteiger partial charge on any atom is -0.491 e. The smallest absolute Gasteiger partial charge is 0.159 e. The Morgan fingerprint density at radius 3 is 2.06 bits per heavy atom. The molecule has 0 saturated heterocycles. The van der Waals surface area contributed by atoms with Crippen molar-refractivity contribution in [3.05, 3.63) is 42.2 Å². The molecule has 0 amide bonds. The Bertz CT molecular complexity index is 747. The van der Waals surface area contributed by atoms with Crippen molar-refractivity contribution in [1.82, 2.24) is 9.97 Å². The van der Waals surface area contributed by atoms with Gasteiger partial charge in [0, 0.05) is 18.0 Å². The Labute approximate surface area is 208 Å². The molecular weight excluding hydrogens is 423 g/mol. The molecule has 1 heterocycles. The van der Waals surface area contributed by atoms with Crippen LogP contribution in [0.25, 0.3) is 11.4 Å². The number of nitrogens with zero attached hydrogens (tertiary/aromatic N) is 2. The summed E-state index contributed by atoms with van der Waals surface area (Å²) in [5, 5.41) is 0. The summed E-state index contributed by atoms with van der Waals surface area (Å²) < 4.78 is 19.9. The lowest BCUT2D eigenvalue weighted by molar-refractivity contribution is 0.178. The van der Waals surface area contributed by atoms with Crippen molar-refractivity contribution < 1.29 is 9.13 Å². The first-order chi connectivity index (χ1) is 16.6. The zero-order valence-electron chi connectivity index (χ0n) is 21.9. The van der Waals surface area contributed by atoms with Crippen LogP contribution in [0.4, 0.5) is 4.39 Å². The number of benzene rings is 1. The van der Waals surface area contributed by atoms with E-state index in [2.05, 4.69) is 30.7 Å². The zero-order valence-corrected chi connectivity index (χ0v) is 21.9. The van der Waals surface area contributed by atoms with Gasteiger partial charge in [-0.3, -0.25) is 0 Å².